The summed E-state index contributed by atoms with van der Waals surface area (Å²) in [6.07, 6.45) is 0. The molecule has 0 unspecified atom stereocenters. The monoisotopic (exact) mass is 278 g/mol. The highest BCUT2D eigenvalue weighted by Crippen LogP contribution is 2.31. The molecule has 0 atom stereocenters. The van der Waals surface area contributed by atoms with Crippen molar-refractivity contribution in [3.8, 4) is 22.3 Å². The van der Waals surface area contributed by atoms with Crippen LogP contribution in [0.4, 0.5) is 0 Å². The lowest BCUT2D eigenvalue weighted by molar-refractivity contribution is 0.240. The van der Waals surface area contributed by atoms with Gasteiger partial charge in [0.15, 0.2) is 0 Å². The van der Waals surface area contributed by atoms with Crippen molar-refractivity contribution in [1.82, 2.24) is 0 Å². The van der Waals surface area contributed by atoms with Crippen LogP contribution in [0, 0.1) is 0 Å². The quantitative estimate of drug-likeness (QED) is 0.798. The van der Waals surface area contributed by atoms with E-state index in [2.05, 4.69) is 0 Å². The van der Waals surface area contributed by atoms with Crippen LogP contribution < -0.4 is 5.63 Å². The fourth-order valence-electron chi connectivity index (χ4n) is 2.37. The average Bonchev–Trinajstić information content (AvgIpc) is 2.55. The molecule has 0 saturated heterocycles. The molecule has 0 aliphatic carbocycles. The third-order valence-corrected chi connectivity index (χ3v) is 3.30. The first kappa shape index (κ1) is 13.3. The molecule has 0 fully saturated rings. The Morgan fingerprint density at radius 1 is 0.810 bits per heavy atom. The lowest BCUT2D eigenvalue weighted by atomic mass is 9.95. The molecule has 0 aliphatic rings. The molecular weight excluding hydrogens is 264 g/mol. The van der Waals surface area contributed by atoms with Gasteiger partial charge in [-0.1, -0.05) is 54.6 Å². The summed E-state index contributed by atoms with van der Waals surface area (Å²) in [5.41, 5.74) is 3.33. The Hall–Kier alpha value is -2.65. The highest BCUT2D eigenvalue weighted by Gasteiger charge is 2.09. The highest BCUT2D eigenvalue weighted by molar-refractivity contribution is 5.83. The average molecular weight is 278 g/mol. The lowest BCUT2D eigenvalue weighted by Gasteiger charge is -2.10. The molecule has 0 bridgehead atoms. The van der Waals surface area contributed by atoms with Gasteiger partial charge in [-0.2, -0.15) is 0 Å². The molecule has 3 aromatic rings. The first-order valence-electron chi connectivity index (χ1n) is 6.67. The van der Waals surface area contributed by atoms with E-state index in [9.17, 15) is 9.90 Å². The summed E-state index contributed by atoms with van der Waals surface area (Å²) in [7, 11) is 0. The Labute approximate surface area is 122 Å². The van der Waals surface area contributed by atoms with Gasteiger partial charge >= 0.3 is 5.63 Å². The number of aliphatic hydroxyl groups excluding tert-OH is 1. The van der Waals surface area contributed by atoms with Gasteiger partial charge in [0.2, 0.25) is 0 Å². The van der Waals surface area contributed by atoms with Gasteiger partial charge < -0.3 is 9.52 Å². The molecule has 0 aliphatic heterocycles. The summed E-state index contributed by atoms with van der Waals surface area (Å²) in [6, 6.07) is 21.0. The van der Waals surface area contributed by atoms with E-state index in [4.69, 9.17) is 4.42 Å². The van der Waals surface area contributed by atoms with Gasteiger partial charge in [0.25, 0.3) is 0 Å². The van der Waals surface area contributed by atoms with Gasteiger partial charge in [-0.3, -0.25) is 0 Å². The summed E-state index contributed by atoms with van der Waals surface area (Å²) in [6.45, 7) is -0.295. The van der Waals surface area contributed by atoms with Gasteiger partial charge in [-0.15, -0.1) is 0 Å². The van der Waals surface area contributed by atoms with E-state index in [0.29, 0.717) is 0 Å². The molecular formula is C18H14O3. The van der Waals surface area contributed by atoms with Crippen LogP contribution in [0.25, 0.3) is 22.3 Å². The predicted molar refractivity (Wildman–Crippen MR) is 81.8 cm³/mol. The molecule has 3 heteroatoms. The molecule has 1 heterocycles. The van der Waals surface area contributed by atoms with Crippen molar-refractivity contribution >= 4 is 0 Å². The summed E-state index contributed by atoms with van der Waals surface area (Å²) < 4.78 is 4.93. The first-order valence-corrected chi connectivity index (χ1v) is 6.67. The van der Waals surface area contributed by atoms with Crippen molar-refractivity contribution in [2.24, 2.45) is 0 Å². The Bertz CT molecular complexity index is 804. The van der Waals surface area contributed by atoms with E-state index in [0.717, 1.165) is 22.3 Å². The third kappa shape index (κ3) is 2.78. The van der Waals surface area contributed by atoms with E-state index < -0.39 is 5.63 Å². The molecule has 1 aromatic heterocycles. The fourth-order valence-corrected chi connectivity index (χ4v) is 2.37. The second-order valence-corrected chi connectivity index (χ2v) is 4.70. The summed E-state index contributed by atoms with van der Waals surface area (Å²) in [4.78, 5) is 11.6. The first-order chi connectivity index (χ1) is 10.3. The molecule has 0 saturated carbocycles. The van der Waals surface area contributed by atoms with Crippen molar-refractivity contribution in [3.63, 3.8) is 0 Å². The van der Waals surface area contributed by atoms with Crippen molar-refractivity contribution < 1.29 is 9.52 Å². The van der Waals surface area contributed by atoms with Gasteiger partial charge in [0, 0.05) is 6.07 Å². The zero-order chi connectivity index (χ0) is 14.7. The zero-order valence-electron chi connectivity index (χ0n) is 11.3. The van der Waals surface area contributed by atoms with Crippen LogP contribution in [0.1, 0.15) is 5.76 Å². The minimum absolute atomic E-state index is 0.264. The number of benzene rings is 2. The number of aliphatic hydroxyl groups is 1. The Morgan fingerprint density at radius 3 is 2.10 bits per heavy atom. The summed E-state index contributed by atoms with van der Waals surface area (Å²) >= 11 is 0. The molecule has 2 aromatic carbocycles. The van der Waals surface area contributed by atoms with Gasteiger partial charge in [0.05, 0.1) is 0 Å². The molecule has 104 valence electrons. The number of hydrogen-bond donors (Lipinski definition) is 1. The van der Waals surface area contributed by atoms with E-state index in [1.165, 1.54) is 6.07 Å². The molecule has 0 radical (unpaired) electrons. The van der Waals surface area contributed by atoms with E-state index in [1.807, 2.05) is 54.6 Å². The largest absolute Gasteiger partial charge is 0.425 e. The number of rotatable bonds is 3. The minimum atomic E-state index is -0.459. The Balaban J connectivity index is 2.20. The van der Waals surface area contributed by atoms with Crippen LogP contribution in [-0.4, -0.2) is 5.11 Å². The minimum Gasteiger partial charge on any atom is -0.425 e. The van der Waals surface area contributed by atoms with Crippen LogP contribution in [0.5, 0.6) is 0 Å². The molecule has 3 nitrogen and oxygen atoms in total. The molecule has 0 spiro atoms. The predicted octanol–water partition coefficient (Wildman–Crippen LogP) is 3.47. The Morgan fingerprint density at radius 2 is 1.43 bits per heavy atom. The topological polar surface area (TPSA) is 50.4 Å². The summed E-state index contributed by atoms with van der Waals surface area (Å²) in [5, 5.41) is 9.19. The van der Waals surface area contributed by atoms with E-state index >= 15 is 0 Å². The molecule has 1 N–H and O–H groups in total. The van der Waals surface area contributed by atoms with Crippen LogP contribution in [0.15, 0.2) is 75.9 Å². The van der Waals surface area contributed by atoms with Crippen LogP contribution in [0.2, 0.25) is 0 Å². The fraction of sp³-hybridized carbons (Fsp3) is 0.0556. The second kappa shape index (κ2) is 5.77. The van der Waals surface area contributed by atoms with Gasteiger partial charge in [0.1, 0.15) is 12.4 Å². The summed E-state index contributed by atoms with van der Waals surface area (Å²) in [5.74, 6) is 0.264. The van der Waals surface area contributed by atoms with Crippen molar-refractivity contribution in [1.29, 1.82) is 0 Å². The Kier molecular flexibility index (Phi) is 3.67. The third-order valence-electron chi connectivity index (χ3n) is 3.30. The van der Waals surface area contributed by atoms with E-state index in [-0.39, 0.29) is 12.4 Å². The maximum absolute atomic E-state index is 11.6. The van der Waals surface area contributed by atoms with Gasteiger partial charge in [-0.05, 0) is 28.3 Å². The van der Waals surface area contributed by atoms with Gasteiger partial charge in [-0.25, -0.2) is 4.79 Å². The van der Waals surface area contributed by atoms with Crippen molar-refractivity contribution in [2.45, 2.75) is 6.61 Å². The number of hydrogen-bond acceptors (Lipinski definition) is 3. The zero-order valence-corrected chi connectivity index (χ0v) is 11.3. The van der Waals surface area contributed by atoms with Crippen LogP contribution in [-0.2, 0) is 6.61 Å². The second-order valence-electron chi connectivity index (χ2n) is 4.70. The van der Waals surface area contributed by atoms with Crippen LogP contribution in [0.3, 0.4) is 0 Å². The SMILES string of the molecule is O=c1cc(-c2ccccc2-c2ccccc2)cc(CO)o1. The normalized spacial score (nSPS) is 10.5. The maximum Gasteiger partial charge on any atom is 0.336 e. The van der Waals surface area contributed by atoms with Crippen molar-refractivity contribution in [2.75, 3.05) is 0 Å². The smallest absolute Gasteiger partial charge is 0.336 e. The molecule has 0 amide bonds. The maximum atomic E-state index is 11.6. The van der Waals surface area contributed by atoms with E-state index in [1.54, 1.807) is 6.07 Å². The molecule has 3 rings (SSSR count). The molecule has 21 heavy (non-hydrogen) atoms. The van der Waals surface area contributed by atoms with Crippen molar-refractivity contribution in [3.05, 3.63) is 82.9 Å². The lowest BCUT2D eigenvalue weighted by Crippen LogP contribution is -2.01. The standard InChI is InChI=1S/C18H14O3/c19-12-15-10-14(11-18(20)21-15)17-9-5-4-8-16(17)13-6-2-1-3-7-13/h1-11,19H,12H2. The van der Waals surface area contributed by atoms with Crippen LogP contribution >= 0.6 is 0 Å². The highest BCUT2D eigenvalue weighted by atomic mass is 16.4.